The molecule has 0 amide bonds. The van der Waals surface area contributed by atoms with Gasteiger partial charge < -0.3 is 15.7 Å². The third-order valence-electron chi connectivity index (χ3n) is 3.48. The quantitative estimate of drug-likeness (QED) is 0.453. The van der Waals surface area contributed by atoms with Gasteiger partial charge in [0.05, 0.1) is 12.7 Å². The molecule has 1 rings (SSSR count). The second-order valence-electron chi connectivity index (χ2n) is 5.59. The van der Waals surface area contributed by atoms with Crippen LogP contribution >= 0.6 is 0 Å². The number of aliphatic hydroxyl groups excluding tert-OH is 1. The van der Waals surface area contributed by atoms with E-state index in [-0.39, 0.29) is 6.61 Å². The first-order chi connectivity index (χ1) is 10.7. The highest BCUT2D eigenvalue weighted by molar-refractivity contribution is 5.79. The molecule has 6 nitrogen and oxygen atoms in total. The van der Waals surface area contributed by atoms with Crippen LogP contribution in [0, 0.1) is 12.8 Å². The third-order valence-corrected chi connectivity index (χ3v) is 3.48. The Morgan fingerprint density at radius 3 is 2.77 bits per heavy atom. The molecule has 0 aromatic carbocycles. The number of rotatable bonds is 10. The van der Waals surface area contributed by atoms with Gasteiger partial charge in [-0.15, -0.1) is 0 Å². The van der Waals surface area contributed by atoms with Crippen LogP contribution in [0.4, 0.5) is 0 Å². The third kappa shape index (κ3) is 7.45. The van der Waals surface area contributed by atoms with Gasteiger partial charge in [-0.2, -0.15) is 5.10 Å². The van der Waals surface area contributed by atoms with Gasteiger partial charge in [0.25, 0.3) is 0 Å². The fourth-order valence-corrected chi connectivity index (χ4v) is 2.36. The summed E-state index contributed by atoms with van der Waals surface area (Å²) in [6.07, 6.45) is 6.95. The lowest BCUT2D eigenvalue weighted by Crippen LogP contribution is -2.39. The highest BCUT2D eigenvalue weighted by Crippen LogP contribution is 2.10. The zero-order valence-corrected chi connectivity index (χ0v) is 14.2. The molecule has 22 heavy (non-hydrogen) atoms. The lowest BCUT2D eigenvalue weighted by Gasteiger charge is -2.15. The molecule has 126 valence electrons. The molecule has 0 aliphatic heterocycles. The molecular formula is C16H31N5O. The Labute approximate surface area is 134 Å². The van der Waals surface area contributed by atoms with Gasteiger partial charge in [-0.1, -0.05) is 13.3 Å². The smallest absolute Gasteiger partial charge is 0.191 e. The minimum Gasteiger partial charge on any atom is -0.396 e. The van der Waals surface area contributed by atoms with Crippen molar-refractivity contribution in [2.24, 2.45) is 10.9 Å². The van der Waals surface area contributed by atoms with Gasteiger partial charge in [-0.25, -0.2) is 0 Å². The van der Waals surface area contributed by atoms with E-state index in [0.29, 0.717) is 5.92 Å². The summed E-state index contributed by atoms with van der Waals surface area (Å²) in [5, 5.41) is 20.0. The molecule has 0 saturated heterocycles. The van der Waals surface area contributed by atoms with E-state index in [1.807, 2.05) is 24.0 Å². The topological polar surface area (TPSA) is 74.5 Å². The van der Waals surface area contributed by atoms with Crippen LogP contribution < -0.4 is 10.6 Å². The summed E-state index contributed by atoms with van der Waals surface area (Å²) < 4.78 is 1.93. The average molecular weight is 309 g/mol. The summed E-state index contributed by atoms with van der Waals surface area (Å²) in [6.45, 7) is 9.70. The Morgan fingerprint density at radius 2 is 2.18 bits per heavy atom. The maximum absolute atomic E-state index is 9.11. The molecule has 1 atom stereocenters. The standard InChI is InChI=1S/C16H31N5O/c1-4-6-15(7-10-22)12-19-16(17-5-2)18-8-9-21-13-14(3)11-20-21/h11,13,15,22H,4-10,12H2,1-3H3,(H2,17,18,19). The molecule has 1 aromatic rings. The van der Waals surface area contributed by atoms with E-state index in [9.17, 15) is 0 Å². The van der Waals surface area contributed by atoms with Gasteiger partial charge in [-0.3, -0.25) is 9.67 Å². The van der Waals surface area contributed by atoms with Crippen LogP contribution in [0.2, 0.25) is 0 Å². The van der Waals surface area contributed by atoms with E-state index in [4.69, 9.17) is 5.11 Å². The minimum absolute atomic E-state index is 0.239. The number of aryl methyl sites for hydroxylation is 1. The van der Waals surface area contributed by atoms with Gasteiger partial charge in [0, 0.05) is 32.4 Å². The molecule has 1 aromatic heterocycles. The number of aromatic nitrogens is 2. The average Bonchev–Trinajstić information content (AvgIpc) is 2.90. The van der Waals surface area contributed by atoms with Crippen LogP contribution in [0.3, 0.4) is 0 Å². The van der Waals surface area contributed by atoms with Crippen molar-refractivity contribution in [1.82, 2.24) is 20.4 Å². The fourth-order valence-electron chi connectivity index (χ4n) is 2.36. The fraction of sp³-hybridized carbons (Fsp3) is 0.750. The zero-order chi connectivity index (χ0) is 16.2. The van der Waals surface area contributed by atoms with E-state index in [1.54, 1.807) is 0 Å². The predicted molar refractivity (Wildman–Crippen MR) is 91.0 cm³/mol. The number of hydrogen-bond acceptors (Lipinski definition) is 3. The van der Waals surface area contributed by atoms with Crippen LogP contribution in [0.1, 0.15) is 38.7 Å². The molecule has 0 aliphatic carbocycles. The molecular weight excluding hydrogens is 278 g/mol. The molecule has 0 radical (unpaired) electrons. The molecule has 6 heteroatoms. The van der Waals surface area contributed by atoms with Crippen LogP contribution in [-0.4, -0.2) is 47.1 Å². The predicted octanol–water partition coefficient (Wildman–Crippen LogP) is 1.55. The van der Waals surface area contributed by atoms with Crippen molar-refractivity contribution in [1.29, 1.82) is 0 Å². The summed E-state index contributed by atoms with van der Waals surface area (Å²) in [5.74, 6) is 1.30. The summed E-state index contributed by atoms with van der Waals surface area (Å²) >= 11 is 0. The maximum Gasteiger partial charge on any atom is 0.191 e. The molecule has 3 N–H and O–H groups in total. The van der Waals surface area contributed by atoms with Crippen LogP contribution in [0.15, 0.2) is 17.4 Å². The lowest BCUT2D eigenvalue weighted by molar-refractivity contribution is 0.253. The molecule has 1 heterocycles. The monoisotopic (exact) mass is 309 g/mol. The molecule has 0 bridgehead atoms. The largest absolute Gasteiger partial charge is 0.396 e. The Hall–Kier alpha value is -1.56. The molecule has 0 fully saturated rings. The van der Waals surface area contributed by atoms with E-state index in [1.165, 1.54) is 5.56 Å². The van der Waals surface area contributed by atoms with Gasteiger partial charge >= 0.3 is 0 Å². The van der Waals surface area contributed by atoms with Crippen molar-refractivity contribution in [3.63, 3.8) is 0 Å². The summed E-state index contributed by atoms with van der Waals surface area (Å²) in [7, 11) is 0. The second-order valence-corrected chi connectivity index (χ2v) is 5.59. The Bertz CT molecular complexity index is 424. The van der Waals surface area contributed by atoms with Crippen molar-refractivity contribution in [3.05, 3.63) is 18.0 Å². The number of aliphatic imine (C=N–C) groups is 1. The van der Waals surface area contributed by atoms with Crippen molar-refractivity contribution in [2.45, 2.75) is 46.6 Å². The molecule has 0 aliphatic rings. The first-order valence-electron chi connectivity index (χ1n) is 8.31. The number of guanidine groups is 1. The summed E-state index contributed by atoms with van der Waals surface area (Å²) in [6, 6.07) is 0. The zero-order valence-electron chi connectivity index (χ0n) is 14.2. The Morgan fingerprint density at radius 1 is 1.36 bits per heavy atom. The van der Waals surface area contributed by atoms with Crippen LogP contribution in [-0.2, 0) is 6.54 Å². The van der Waals surface area contributed by atoms with E-state index in [2.05, 4.69) is 34.6 Å². The number of nitrogens with zero attached hydrogens (tertiary/aromatic N) is 3. The van der Waals surface area contributed by atoms with Crippen molar-refractivity contribution >= 4 is 5.96 Å². The second kappa shape index (κ2) is 11.1. The number of nitrogens with one attached hydrogen (secondary N) is 2. The molecule has 1 unspecified atom stereocenters. The molecule has 0 saturated carbocycles. The van der Waals surface area contributed by atoms with Gasteiger partial charge in [0.15, 0.2) is 5.96 Å². The van der Waals surface area contributed by atoms with E-state index < -0.39 is 0 Å². The highest BCUT2D eigenvalue weighted by Gasteiger charge is 2.07. The van der Waals surface area contributed by atoms with Gasteiger partial charge in [0.1, 0.15) is 0 Å². The number of hydrogen-bond donors (Lipinski definition) is 3. The van der Waals surface area contributed by atoms with Gasteiger partial charge in [-0.05, 0) is 38.2 Å². The first-order valence-corrected chi connectivity index (χ1v) is 8.31. The van der Waals surface area contributed by atoms with Crippen LogP contribution in [0.25, 0.3) is 0 Å². The van der Waals surface area contributed by atoms with Crippen molar-refractivity contribution < 1.29 is 5.11 Å². The van der Waals surface area contributed by atoms with Gasteiger partial charge in [0.2, 0.25) is 0 Å². The minimum atomic E-state index is 0.239. The maximum atomic E-state index is 9.11. The Kier molecular flexibility index (Phi) is 9.30. The summed E-state index contributed by atoms with van der Waals surface area (Å²) in [4.78, 5) is 4.64. The Balaban J connectivity index is 2.43. The van der Waals surface area contributed by atoms with Crippen molar-refractivity contribution in [2.75, 3.05) is 26.2 Å². The first kappa shape index (κ1) is 18.5. The number of aliphatic hydroxyl groups is 1. The summed E-state index contributed by atoms with van der Waals surface area (Å²) in [5.41, 5.74) is 1.17. The normalized spacial score (nSPS) is 13.2. The lowest BCUT2D eigenvalue weighted by atomic mass is 10.0. The van der Waals surface area contributed by atoms with E-state index in [0.717, 1.165) is 51.4 Å². The van der Waals surface area contributed by atoms with Crippen LogP contribution in [0.5, 0.6) is 0 Å². The van der Waals surface area contributed by atoms with Crippen molar-refractivity contribution in [3.8, 4) is 0 Å². The van der Waals surface area contributed by atoms with E-state index >= 15 is 0 Å². The SMILES string of the molecule is CCCC(CCO)CN=C(NCC)NCCn1cc(C)cn1. The molecule has 0 spiro atoms. The highest BCUT2D eigenvalue weighted by atomic mass is 16.3.